The first kappa shape index (κ1) is 28.7. The average molecular weight is 684 g/mol. The summed E-state index contributed by atoms with van der Waals surface area (Å²) in [4.78, 5) is 38.4. The van der Waals surface area contributed by atoms with Crippen LogP contribution in [-0.2, 0) is 16.2 Å². The third-order valence-electron chi connectivity index (χ3n) is 5.42. The van der Waals surface area contributed by atoms with Gasteiger partial charge in [-0.3, -0.25) is 9.59 Å². The van der Waals surface area contributed by atoms with Crippen LogP contribution in [-0.4, -0.2) is 35.9 Å². The summed E-state index contributed by atoms with van der Waals surface area (Å²) in [5.74, 6) is -1.11. The number of ether oxygens (including phenoxy) is 2. The molecule has 2 N–H and O–H groups in total. The third kappa shape index (κ3) is 7.00. The predicted molar refractivity (Wildman–Crippen MR) is 154 cm³/mol. The van der Waals surface area contributed by atoms with Crippen LogP contribution >= 0.6 is 45.8 Å². The molecule has 0 aliphatic carbocycles. The van der Waals surface area contributed by atoms with Crippen molar-refractivity contribution in [3.8, 4) is 11.5 Å². The van der Waals surface area contributed by atoms with Crippen LogP contribution in [0, 0.1) is 9.39 Å². The van der Waals surface area contributed by atoms with Crippen LogP contribution in [0.15, 0.2) is 60.3 Å². The van der Waals surface area contributed by atoms with Gasteiger partial charge in [-0.1, -0.05) is 41.4 Å². The van der Waals surface area contributed by atoms with Crippen molar-refractivity contribution in [3.63, 3.8) is 0 Å². The van der Waals surface area contributed by atoms with Gasteiger partial charge in [-0.2, -0.15) is 0 Å². The lowest BCUT2D eigenvalue weighted by Gasteiger charge is -2.15. The number of hydrogen-bond donors (Lipinski definition) is 2. The van der Waals surface area contributed by atoms with Crippen LogP contribution in [0.1, 0.15) is 18.1 Å². The second-order valence-corrected chi connectivity index (χ2v) is 10.2. The van der Waals surface area contributed by atoms with E-state index in [2.05, 4.69) is 33.2 Å². The molecule has 0 radical (unpaired) electrons. The molecule has 0 unspecified atom stereocenters. The lowest BCUT2D eigenvalue weighted by Crippen LogP contribution is -2.38. The number of urea groups is 1. The normalized spacial score (nSPS) is 14.0. The van der Waals surface area contributed by atoms with E-state index in [-0.39, 0.29) is 18.0 Å². The molecule has 1 saturated heterocycles. The lowest BCUT2D eigenvalue weighted by atomic mass is 10.1. The molecule has 4 rings (SSSR count). The van der Waals surface area contributed by atoms with E-state index in [1.165, 1.54) is 24.3 Å². The highest BCUT2D eigenvalue weighted by atomic mass is 127. The number of anilines is 1. The zero-order chi connectivity index (χ0) is 28.1. The monoisotopic (exact) mass is 683 g/mol. The highest BCUT2D eigenvalue weighted by Gasteiger charge is 2.35. The molecule has 0 bridgehead atoms. The van der Waals surface area contributed by atoms with E-state index in [1.54, 1.807) is 36.4 Å². The summed E-state index contributed by atoms with van der Waals surface area (Å²) in [6, 6.07) is 13.5. The topological polar surface area (TPSA) is 97.0 Å². The van der Waals surface area contributed by atoms with Gasteiger partial charge in [0.1, 0.15) is 24.7 Å². The Hall–Kier alpha value is -3.35. The maximum atomic E-state index is 13.8. The minimum Gasteiger partial charge on any atom is -0.490 e. The molecule has 202 valence electrons. The number of imide groups is 1. The molecule has 8 nitrogen and oxygen atoms in total. The molecular weight excluding hydrogens is 663 g/mol. The Kier molecular flexibility index (Phi) is 9.31. The number of carbonyl (C=O) groups excluding carboxylic acids is 3. The smallest absolute Gasteiger partial charge is 0.329 e. The molecule has 1 aliphatic rings. The molecule has 4 amide bonds. The second-order valence-electron chi connectivity index (χ2n) is 8.21. The predicted octanol–water partition coefficient (Wildman–Crippen LogP) is 6.25. The van der Waals surface area contributed by atoms with Gasteiger partial charge in [-0.15, -0.1) is 0 Å². The molecule has 39 heavy (non-hydrogen) atoms. The molecule has 0 aromatic heterocycles. The zero-order valence-electron chi connectivity index (χ0n) is 20.4. The summed E-state index contributed by atoms with van der Waals surface area (Å²) in [5, 5.41) is 5.69. The minimum atomic E-state index is -0.767. The largest absolute Gasteiger partial charge is 0.490 e. The third-order valence-corrected chi connectivity index (χ3v) is 6.96. The van der Waals surface area contributed by atoms with Crippen molar-refractivity contribution < 1.29 is 28.2 Å². The van der Waals surface area contributed by atoms with Crippen LogP contribution in [0.25, 0.3) is 6.08 Å². The SMILES string of the molecule is CCOc1cc(/C=C2/NC(=O)N(CC(=O)Nc3ccccc3F)C2=O)cc(I)c1OCc1ccc(Cl)c(Cl)c1. The highest BCUT2D eigenvalue weighted by molar-refractivity contribution is 14.1. The van der Waals surface area contributed by atoms with E-state index in [1.807, 2.05) is 6.92 Å². The van der Waals surface area contributed by atoms with Crippen molar-refractivity contribution in [1.29, 1.82) is 0 Å². The molecule has 1 fully saturated rings. The van der Waals surface area contributed by atoms with Gasteiger partial charge in [0.05, 0.1) is 25.9 Å². The van der Waals surface area contributed by atoms with Crippen molar-refractivity contribution in [1.82, 2.24) is 10.2 Å². The van der Waals surface area contributed by atoms with Gasteiger partial charge in [0.2, 0.25) is 5.91 Å². The summed E-state index contributed by atoms with van der Waals surface area (Å²) in [7, 11) is 0. The summed E-state index contributed by atoms with van der Waals surface area (Å²) in [6.07, 6.45) is 1.47. The number of hydrogen-bond acceptors (Lipinski definition) is 5. The quantitative estimate of drug-likeness (QED) is 0.158. The lowest BCUT2D eigenvalue weighted by molar-refractivity contribution is -0.127. The molecule has 3 aromatic carbocycles. The van der Waals surface area contributed by atoms with Gasteiger partial charge in [-0.05, 0) is 83.1 Å². The molecule has 3 aromatic rings. The Balaban J connectivity index is 1.50. The van der Waals surface area contributed by atoms with E-state index >= 15 is 0 Å². The average Bonchev–Trinajstić information content (AvgIpc) is 3.14. The van der Waals surface area contributed by atoms with Crippen molar-refractivity contribution in [2.45, 2.75) is 13.5 Å². The number of benzene rings is 3. The Labute approximate surface area is 247 Å². The van der Waals surface area contributed by atoms with Crippen LogP contribution in [0.2, 0.25) is 10.0 Å². The maximum Gasteiger partial charge on any atom is 0.329 e. The molecule has 0 spiro atoms. The summed E-state index contributed by atoms with van der Waals surface area (Å²) < 4.78 is 26.3. The van der Waals surface area contributed by atoms with E-state index in [9.17, 15) is 18.8 Å². The number of nitrogens with one attached hydrogen (secondary N) is 2. The fourth-order valence-corrected chi connectivity index (χ4v) is 4.74. The number of para-hydroxylation sites is 1. The van der Waals surface area contributed by atoms with E-state index in [0.29, 0.717) is 37.3 Å². The van der Waals surface area contributed by atoms with Gasteiger partial charge < -0.3 is 20.1 Å². The molecular formula is C27H21Cl2FIN3O5. The second kappa shape index (κ2) is 12.7. The van der Waals surface area contributed by atoms with Crippen LogP contribution in [0.3, 0.4) is 0 Å². The van der Waals surface area contributed by atoms with Gasteiger partial charge in [0, 0.05) is 0 Å². The van der Waals surface area contributed by atoms with Gasteiger partial charge >= 0.3 is 6.03 Å². The molecule has 12 heteroatoms. The summed E-state index contributed by atoms with van der Waals surface area (Å²) in [5.41, 5.74) is 1.30. The zero-order valence-corrected chi connectivity index (χ0v) is 24.1. The fourth-order valence-electron chi connectivity index (χ4n) is 3.64. The van der Waals surface area contributed by atoms with Crippen LogP contribution < -0.4 is 20.1 Å². The van der Waals surface area contributed by atoms with Gasteiger partial charge in [-0.25, -0.2) is 14.1 Å². The minimum absolute atomic E-state index is 0.0265. The fraction of sp³-hybridized carbons (Fsp3) is 0.148. The highest BCUT2D eigenvalue weighted by Crippen LogP contribution is 2.36. The van der Waals surface area contributed by atoms with Crippen molar-refractivity contribution in [2.24, 2.45) is 0 Å². The van der Waals surface area contributed by atoms with Crippen molar-refractivity contribution in [2.75, 3.05) is 18.5 Å². The first-order valence-corrected chi connectivity index (χ1v) is 13.4. The molecule has 1 aliphatic heterocycles. The summed E-state index contributed by atoms with van der Waals surface area (Å²) >= 11 is 14.2. The Morgan fingerprint density at radius 3 is 2.59 bits per heavy atom. The van der Waals surface area contributed by atoms with Crippen molar-refractivity contribution in [3.05, 3.63) is 90.9 Å². The molecule has 1 heterocycles. The first-order valence-electron chi connectivity index (χ1n) is 11.6. The number of amides is 4. The van der Waals surface area contributed by atoms with Crippen molar-refractivity contribution >= 4 is 75.4 Å². The maximum absolute atomic E-state index is 13.8. The standard InChI is InChI=1S/C27H21Cl2FIN3O5/c1-2-38-23-12-16(10-20(31)25(23)39-14-15-7-8-17(28)18(29)9-15)11-22-26(36)34(27(37)33-22)13-24(35)32-21-6-4-3-5-19(21)30/h3-12H,2,13-14H2,1H3,(H,32,35)(H,33,37)/b22-11+. The van der Waals surface area contributed by atoms with Crippen LogP contribution in [0.4, 0.5) is 14.9 Å². The van der Waals surface area contributed by atoms with Gasteiger partial charge in [0.15, 0.2) is 11.5 Å². The summed E-state index contributed by atoms with van der Waals surface area (Å²) in [6.45, 7) is 1.82. The molecule has 0 saturated carbocycles. The van der Waals surface area contributed by atoms with E-state index < -0.39 is 30.2 Å². The number of carbonyl (C=O) groups is 3. The number of rotatable bonds is 9. The first-order chi connectivity index (χ1) is 18.7. The number of nitrogens with zero attached hydrogens (tertiary/aromatic N) is 1. The number of halogens is 4. The van der Waals surface area contributed by atoms with Gasteiger partial charge in [0.25, 0.3) is 5.91 Å². The molecule has 0 atom stereocenters. The van der Waals surface area contributed by atoms with E-state index in [0.717, 1.165) is 10.5 Å². The van der Waals surface area contributed by atoms with E-state index in [4.69, 9.17) is 32.7 Å². The van der Waals surface area contributed by atoms with Crippen LogP contribution in [0.5, 0.6) is 11.5 Å². The Morgan fingerprint density at radius 2 is 1.87 bits per heavy atom. The Morgan fingerprint density at radius 1 is 1.10 bits per heavy atom. The Bertz CT molecular complexity index is 1480.